The third-order valence-corrected chi connectivity index (χ3v) is 5.09. The lowest BCUT2D eigenvalue weighted by molar-refractivity contribution is -0.137. The van der Waals surface area contributed by atoms with E-state index in [0.29, 0.717) is 25.2 Å². The van der Waals surface area contributed by atoms with Crippen LogP contribution in [-0.4, -0.2) is 36.6 Å². The second-order valence-corrected chi connectivity index (χ2v) is 7.12. The van der Waals surface area contributed by atoms with Gasteiger partial charge in [0.2, 0.25) is 0 Å². The molecule has 4 N–H and O–H groups in total. The number of carbonyl (C=O) groups excluding carboxylic acids is 2. The highest BCUT2D eigenvalue weighted by Gasteiger charge is 2.30. The van der Waals surface area contributed by atoms with Gasteiger partial charge < -0.3 is 26.2 Å². The molecule has 0 spiro atoms. The normalized spacial score (nSPS) is 14.4. The molecule has 0 saturated heterocycles. The van der Waals surface area contributed by atoms with Gasteiger partial charge in [-0.25, -0.2) is 4.79 Å². The van der Waals surface area contributed by atoms with Crippen molar-refractivity contribution in [3.8, 4) is 0 Å². The highest BCUT2D eigenvalue weighted by molar-refractivity contribution is 6.06. The minimum absolute atomic E-state index is 0.0810. The van der Waals surface area contributed by atoms with Crippen LogP contribution >= 0.6 is 0 Å². The number of nitrogens with zero attached hydrogens (tertiary/aromatic N) is 2. The Morgan fingerprint density at radius 3 is 2.38 bits per heavy atom. The maximum absolute atomic E-state index is 12.8. The van der Waals surface area contributed by atoms with Crippen LogP contribution in [0.2, 0.25) is 0 Å². The fourth-order valence-corrected chi connectivity index (χ4v) is 3.39. The first-order valence-corrected chi connectivity index (χ1v) is 10.0. The first kappa shape index (κ1) is 23.0. The van der Waals surface area contributed by atoms with Crippen molar-refractivity contribution in [3.63, 3.8) is 0 Å². The topological polar surface area (TPSA) is 90.7 Å². The minimum atomic E-state index is -4.44. The van der Waals surface area contributed by atoms with Crippen molar-refractivity contribution in [2.24, 2.45) is 5.73 Å². The molecular weight excluding hydrogens is 423 g/mol. The van der Waals surface area contributed by atoms with Crippen LogP contribution in [0.15, 0.2) is 66.0 Å². The van der Waals surface area contributed by atoms with Crippen molar-refractivity contribution < 1.29 is 22.8 Å². The highest BCUT2D eigenvalue weighted by Crippen LogP contribution is 2.30. The summed E-state index contributed by atoms with van der Waals surface area (Å²) in [5, 5.41) is 5.13. The Balaban J connectivity index is 1.61. The van der Waals surface area contributed by atoms with Crippen molar-refractivity contribution in [1.82, 2.24) is 10.2 Å². The zero-order chi connectivity index (χ0) is 23.3. The Bertz CT molecular complexity index is 991. The summed E-state index contributed by atoms with van der Waals surface area (Å²) < 4.78 is 37.9. The molecule has 0 aliphatic carbocycles. The molecule has 0 saturated carbocycles. The molecule has 0 bridgehead atoms. The fourth-order valence-electron chi connectivity index (χ4n) is 3.39. The van der Waals surface area contributed by atoms with Crippen molar-refractivity contribution in [2.75, 3.05) is 30.0 Å². The molecule has 0 fully saturated rings. The van der Waals surface area contributed by atoms with E-state index in [1.807, 2.05) is 37.3 Å². The van der Waals surface area contributed by atoms with Crippen LogP contribution in [0.5, 0.6) is 0 Å². The standard InChI is InChI=1S/C22H24F3N5O2/c1-2-29(14-27-21(32)28-16-10-8-15(9-11-16)22(23,24)25)18-12-13-30(20(31)19(18)26)17-6-4-3-5-7-17/h3-11H,2,12-14,26H2,1H3,(H2,27,28,32). The number of carbonyl (C=O) groups is 2. The van der Waals surface area contributed by atoms with Crippen molar-refractivity contribution in [2.45, 2.75) is 19.5 Å². The molecule has 0 aromatic heterocycles. The third kappa shape index (κ3) is 5.32. The molecule has 0 radical (unpaired) electrons. The summed E-state index contributed by atoms with van der Waals surface area (Å²) in [6.45, 7) is 2.89. The summed E-state index contributed by atoms with van der Waals surface area (Å²) in [6, 6.07) is 12.8. The molecule has 10 heteroatoms. The smallest absolute Gasteiger partial charge is 0.393 e. The first-order chi connectivity index (χ1) is 15.2. The van der Waals surface area contributed by atoms with Gasteiger partial charge in [0.05, 0.1) is 12.2 Å². The lowest BCUT2D eigenvalue weighted by atomic mass is 10.1. The number of para-hydroxylation sites is 1. The van der Waals surface area contributed by atoms with E-state index in [1.54, 1.807) is 9.80 Å². The van der Waals surface area contributed by atoms with Crippen LogP contribution in [0.4, 0.5) is 29.3 Å². The largest absolute Gasteiger partial charge is 0.416 e. The summed E-state index contributed by atoms with van der Waals surface area (Å²) in [7, 11) is 0. The molecule has 0 atom stereocenters. The lowest BCUT2D eigenvalue weighted by Gasteiger charge is -2.34. The van der Waals surface area contributed by atoms with Crippen LogP contribution in [0.1, 0.15) is 18.9 Å². The Kier molecular flexibility index (Phi) is 6.92. The van der Waals surface area contributed by atoms with Gasteiger partial charge in [0, 0.05) is 36.6 Å². The molecule has 2 aromatic carbocycles. The summed E-state index contributed by atoms with van der Waals surface area (Å²) >= 11 is 0. The van der Waals surface area contributed by atoms with Gasteiger partial charge >= 0.3 is 12.2 Å². The summed E-state index contributed by atoms with van der Waals surface area (Å²) in [5.41, 5.74) is 7.08. The van der Waals surface area contributed by atoms with Crippen LogP contribution in [-0.2, 0) is 11.0 Å². The van der Waals surface area contributed by atoms with Crippen molar-refractivity contribution in [3.05, 3.63) is 71.6 Å². The molecule has 1 aliphatic heterocycles. The molecule has 32 heavy (non-hydrogen) atoms. The van der Waals surface area contributed by atoms with E-state index in [4.69, 9.17) is 5.73 Å². The Morgan fingerprint density at radius 1 is 1.12 bits per heavy atom. The van der Waals surface area contributed by atoms with Crippen LogP contribution in [0.25, 0.3) is 0 Å². The zero-order valence-corrected chi connectivity index (χ0v) is 17.4. The van der Waals surface area contributed by atoms with E-state index >= 15 is 0 Å². The van der Waals surface area contributed by atoms with Gasteiger partial charge in [0.1, 0.15) is 5.70 Å². The van der Waals surface area contributed by atoms with Crippen molar-refractivity contribution >= 4 is 23.3 Å². The number of urea groups is 1. The van der Waals surface area contributed by atoms with E-state index in [0.717, 1.165) is 17.8 Å². The van der Waals surface area contributed by atoms with E-state index < -0.39 is 17.8 Å². The van der Waals surface area contributed by atoms with E-state index in [2.05, 4.69) is 10.6 Å². The van der Waals surface area contributed by atoms with Gasteiger partial charge in [-0.3, -0.25) is 4.79 Å². The number of anilines is 2. The molecular formula is C22H24F3N5O2. The van der Waals surface area contributed by atoms with Crippen LogP contribution in [0, 0.1) is 0 Å². The predicted molar refractivity (Wildman–Crippen MR) is 115 cm³/mol. The molecule has 7 nitrogen and oxygen atoms in total. The number of rotatable bonds is 6. The second-order valence-electron chi connectivity index (χ2n) is 7.12. The number of benzene rings is 2. The van der Waals surface area contributed by atoms with Gasteiger partial charge in [0.15, 0.2) is 0 Å². The lowest BCUT2D eigenvalue weighted by Crippen LogP contribution is -2.46. The number of hydrogen-bond donors (Lipinski definition) is 3. The SMILES string of the molecule is CCN(CNC(=O)Nc1ccc(C(F)(F)F)cc1)C1=C(N)C(=O)N(c2ccccc2)CC1. The number of amides is 3. The molecule has 3 amide bonds. The van der Waals surface area contributed by atoms with E-state index in [9.17, 15) is 22.8 Å². The third-order valence-electron chi connectivity index (χ3n) is 5.09. The van der Waals surface area contributed by atoms with Gasteiger partial charge in [-0.1, -0.05) is 18.2 Å². The fraction of sp³-hybridized carbons (Fsp3) is 0.273. The molecule has 1 aliphatic rings. The quantitative estimate of drug-likeness (QED) is 0.589. The van der Waals surface area contributed by atoms with Crippen molar-refractivity contribution in [1.29, 1.82) is 0 Å². The average molecular weight is 447 g/mol. The molecule has 170 valence electrons. The minimum Gasteiger partial charge on any atom is -0.393 e. The van der Waals surface area contributed by atoms with Crippen LogP contribution < -0.4 is 21.3 Å². The summed E-state index contributed by atoms with van der Waals surface area (Å²) in [6.07, 6.45) is -3.92. The Hall–Kier alpha value is -3.69. The number of hydrogen-bond acceptors (Lipinski definition) is 4. The molecule has 2 aromatic rings. The first-order valence-electron chi connectivity index (χ1n) is 10.0. The molecule has 1 heterocycles. The second kappa shape index (κ2) is 9.63. The van der Waals surface area contributed by atoms with E-state index in [1.165, 1.54) is 12.1 Å². The number of alkyl halides is 3. The maximum atomic E-state index is 12.8. The monoisotopic (exact) mass is 447 g/mol. The Morgan fingerprint density at radius 2 is 1.78 bits per heavy atom. The molecule has 3 rings (SSSR count). The summed E-state index contributed by atoms with van der Waals surface area (Å²) in [5.74, 6) is -0.301. The van der Waals surface area contributed by atoms with Gasteiger partial charge in [-0.2, -0.15) is 13.2 Å². The van der Waals surface area contributed by atoms with Crippen LogP contribution in [0.3, 0.4) is 0 Å². The number of halogens is 3. The predicted octanol–water partition coefficient (Wildman–Crippen LogP) is 3.71. The number of nitrogens with two attached hydrogens (primary N) is 1. The van der Waals surface area contributed by atoms with Gasteiger partial charge in [-0.05, 0) is 43.3 Å². The van der Waals surface area contributed by atoms with E-state index in [-0.39, 0.29) is 24.0 Å². The molecule has 0 unspecified atom stereocenters. The summed E-state index contributed by atoms with van der Waals surface area (Å²) in [4.78, 5) is 28.3. The maximum Gasteiger partial charge on any atom is 0.416 e. The number of nitrogens with one attached hydrogen (secondary N) is 2. The van der Waals surface area contributed by atoms with Gasteiger partial charge in [-0.15, -0.1) is 0 Å². The Labute approximate surface area is 183 Å². The van der Waals surface area contributed by atoms with Gasteiger partial charge in [0.25, 0.3) is 5.91 Å². The highest BCUT2D eigenvalue weighted by atomic mass is 19.4. The average Bonchev–Trinajstić information content (AvgIpc) is 2.77. The zero-order valence-electron chi connectivity index (χ0n) is 17.4.